The van der Waals surface area contributed by atoms with Crippen molar-refractivity contribution in [2.45, 2.75) is 26.3 Å². The molecule has 0 spiro atoms. The first-order valence-corrected chi connectivity index (χ1v) is 8.37. The van der Waals surface area contributed by atoms with Crippen molar-refractivity contribution in [2.24, 2.45) is 0 Å². The second-order valence-electron chi connectivity index (χ2n) is 5.90. The number of tetrazole rings is 1. The van der Waals surface area contributed by atoms with Crippen molar-refractivity contribution in [3.63, 3.8) is 0 Å². The molecule has 6 heteroatoms. The number of rotatable bonds is 7. The van der Waals surface area contributed by atoms with E-state index in [1.165, 1.54) is 10.4 Å². The van der Waals surface area contributed by atoms with Gasteiger partial charge in [-0.2, -0.15) is 4.80 Å². The van der Waals surface area contributed by atoms with E-state index in [0.717, 1.165) is 24.0 Å². The van der Waals surface area contributed by atoms with Crippen LogP contribution in [0.5, 0.6) is 0 Å². The number of aryl methyl sites for hydroxylation is 2. The lowest BCUT2D eigenvalue weighted by Gasteiger charge is -2.04. The number of aromatic nitrogens is 4. The number of carbonyl (C=O) groups is 1. The molecule has 0 bridgehead atoms. The summed E-state index contributed by atoms with van der Waals surface area (Å²) in [5.74, 6) is 0.428. The molecule has 25 heavy (non-hydrogen) atoms. The molecule has 0 aliphatic heterocycles. The highest BCUT2D eigenvalue weighted by atomic mass is 16.2. The zero-order valence-electron chi connectivity index (χ0n) is 14.2. The Balaban J connectivity index is 1.46. The second-order valence-corrected chi connectivity index (χ2v) is 5.90. The molecular weight excluding hydrogens is 314 g/mol. The van der Waals surface area contributed by atoms with Gasteiger partial charge in [-0.1, -0.05) is 54.6 Å². The molecule has 3 aromatic rings. The van der Waals surface area contributed by atoms with E-state index in [2.05, 4.69) is 32.9 Å². The van der Waals surface area contributed by atoms with E-state index in [1.807, 2.05) is 49.4 Å². The number of amides is 1. The molecule has 3 rings (SSSR count). The van der Waals surface area contributed by atoms with Crippen molar-refractivity contribution < 1.29 is 4.79 Å². The molecule has 1 heterocycles. The topological polar surface area (TPSA) is 72.7 Å². The summed E-state index contributed by atoms with van der Waals surface area (Å²) in [5, 5.41) is 15.2. The average Bonchev–Trinajstić information content (AvgIpc) is 3.08. The minimum Gasteiger partial charge on any atom is -0.354 e. The normalized spacial score (nSPS) is 10.6. The van der Waals surface area contributed by atoms with Gasteiger partial charge in [0.05, 0.1) is 0 Å². The smallest absolute Gasteiger partial charge is 0.243 e. The van der Waals surface area contributed by atoms with E-state index in [4.69, 9.17) is 0 Å². The van der Waals surface area contributed by atoms with Crippen LogP contribution in [-0.2, 0) is 17.8 Å². The van der Waals surface area contributed by atoms with Crippen molar-refractivity contribution in [1.29, 1.82) is 0 Å². The third kappa shape index (κ3) is 4.73. The Labute approximate surface area is 146 Å². The lowest BCUT2D eigenvalue weighted by atomic mass is 10.1. The van der Waals surface area contributed by atoms with Crippen molar-refractivity contribution in [2.75, 3.05) is 6.54 Å². The summed E-state index contributed by atoms with van der Waals surface area (Å²) in [6.45, 7) is 2.70. The summed E-state index contributed by atoms with van der Waals surface area (Å²) in [4.78, 5) is 13.3. The van der Waals surface area contributed by atoms with Gasteiger partial charge in [0.15, 0.2) is 0 Å². The van der Waals surface area contributed by atoms with Crippen LogP contribution in [0, 0.1) is 6.92 Å². The lowest BCUT2D eigenvalue weighted by Crippen LogP contribution is -2.29. The van der Waals surface area contributed by atoms with E-state index < -0.39 is 0 Å². The molecule has 2 aromatic carbocycles. The van der Waals surface area contributed by atoms with E-state index in [-0.39, 0.29) is 12.5 Å². The number of hydrogen-bond donors (Lipinski definition) is 1. The highest BCUT2D eigenvalue weighted by Crippen LogP contribution is 2.17. The summed E-state index contributed by atoms with van der Waals surface area (Å²) < 4.78 is 0. The number of hydrogen-bond acceptors (Lipinski definition) is 4. The highest BCUT2D eigenvalue weighted by molar-refractivity contribution is 5.75. The molecule has 0 unspecified atom stereocenters. The number of benzene rings is 2. The number of nitrogens with one attached hydrogen (secondary N) is 1. The fourth-order valence-corrected chi connectivity index (χ4v) is 2.59. The molecule has 1 N–H and O–H groups in total. The lowest BCUT2D eigenvalue weighted by molar-refractivity contribution is -0.122. The Morgan fingerprint density at radius 2 is 1.84 bits per heavy atom. The van der Waals surface area contributed by atoms with Gasteiger partial charge in [0.2, 0.25) is 11.7 Å². The maximum atomic E-state index is 12.0. The van der Waals surface area contributed by atoms with Crippen LogP contribution in [0.15, 0.2) is 54.6 Å². The van der Waals surface area contributed by atoms with Gasteiger partial charge in [-0.15, -0.1) is 10.2 Å². The van der Waals surface area contributed by atoms with Crippen molar-refractivity contribution >= 4 is 5.91 Å². The summed E-state index contributed by atoms with van der Waals surface area (Å²) >= 11 is 0. The fourth-order valence-electron chi connectivity index (χ4n) is 2.59. The van der Waals surface area contributed by atoms with Gasteiger partial charge in [0.25, 0.3) is 0 Å². The van der Waals surface area contributed by atoms with Crippen LogP contribution in [0.4, 0.5) is 0 Å². The van der Waals surface area contributed by atoms with Gasteiger partial charge in [0, 0.05) is 12.1 Å². The SMILES string of the molecule is Cc1ccccc1-c1nnn(CC(=O)NCCCc2ccccc2)n1. The largest absolute Gasteiger partial charge is 0.354 e. The van der Waals surface area contributed by atoms with Crippen molar-refractivity contribution in [3.8, 4) is 11.4 Å². The average molecular weight is 335 g/mol. The van der Waals surface area contributed by atoms with Gasteiger partial charge in [0.1, 0.15) is 6.54 Å². The fraction of sp³-hybridized carbons (Fsp3) is 0.263. The van der Waals surface area contributed by atoms with Crippen LogP contribution >= 0.6 is 0 Å². The van der Waals surface area contributed by atoms with Gasteiger partial charge < -0.3 is 5.32 Å². The quantitative estimate of drug-likeness (QED) is 0.673. The van der Waals surface area contributed by atoms with Crippen molar-refractivity contribution in [3.05, 3.63) is 65.7 Å². The summed E-state index contributed by atoms with van der Waals surface area (Å²) in [6, 6.07) is 18.1. The molecule has 0 aliphatic carbocycles. The standard InChI is InChI=1S/C19H21N5O/c1-15-8-5-6-12-17(15)19-21-23-24(22-19)14-18(25)20-13-7-11-16-9-3-2-4-10-16/h2-6,8-10,12H,7,11,13-14H2,1H3,(H,20,25). The highest BCUT2D eigenvalue weighted by Gasteiger charge is 2.10. The summed E-state index contributed by atoms with van der Waals surface area (Å²) in [7, 11) is 0. The van der Waals surface area contributed by atoms with Crippen LogP contribution in [0.3, 0.4) is 0 Å². The summed E-state index contributed by atoms with van der Waals surface area (Å²) in [6.07, 6.45) is 1.84. The Morgan fingerprint density at radius 3 is 2.64 bits per heavy atom. The maximum absolute atomic E-state index is 12.0. The molecular formula is C19H21N5O. The Kier molecular flexibility index (Phi) is 5.51. The molecule has 0 fully saturated rings. The zero-order valence-corrected chi connectivity index (χ0v) is 14.2. The zero-order chi connectivity index (χ0) is 17.5. The number of carbonyl (C=O) groups excluding carboxylic acids is 1. The molecule has 0 saturated heterocycles. The first-order valence-electron chi connectivity index (χ1n) is 8.37. The minimum atomic E-state index is -0.109. The van der Waals surface area contributed by atoms with E-state index in [9.17, 15) is 4.79 Å². The Hall–Kier alpha value is -3.02. The molecule has 6 nitrogen and oxygen atoms in total. The monoisotopic (exact) mass is 335 g/mol. The van der Waals surface area contributed by atoms with E-state index in [1.54, 1.807) is 0 Å². The Morgan fingerprint density at radius 1 is 1.08 bits per heavy atom. The predicted octanol–water partition coefficient (Wildman–Crippen LogP) is 2.40. The van der Waals surface area contributed by atoms with Crippen LogP contribution in [0.2, 0.25) is 0 Å². The van der Waals surface area contributed by atoms with E-state index >= 15 is 0 Å². The first-order chi connectivity index (χ1) is 12.2. The molecule has 1 amide bonds. The van der Waals surface area contributed by atoms with Crippen LogP contribution in [0.25, 0.3) is 11.4 Å². The van der Waals surface area contributed by atoms with Gasteiger partial charge >= 0.3 is 0 Å². The number of nitrogens with zero attached hydrogens (tertiary/aromatic N) is 4. The van der Waals surface area contributed by atoms with Crippen molar-refractivity contribution in [1.82, 2.24) is 25.5 Å². The summed E-state index contributed by atoms with van der Waals surface area (Å²) in [5.41, 5.74) is 3.28. The maximum Gasteiger partial charge on any atom is 0.243 e. The Bertz CT molecular complexity index is 829. The molecule has 1 aromatic heterocycles. The van der Waals surface area contributed by atoms with Gasteiger partial charge in [-0.05, 0) is 36.1 Å². The minimum absolute atomic E-state index is 0.0736. The molecule has 128 valence electrons. The van der Waals surface area contributed by atoms with Crippen LogP contribution in [-0.4, -0.2) is 32.7 Å². The van der Waals surface area contributed by atoms with Gasteiger partial charge in [-0.25, -0.2) is 0 Å². The second kappa shape index (κ2) is 8.19. The van der Waals surface area contributed by atoms with Crippen LogP contribution in [0.1, 0.15) is 17.5 Å². The molecule has 0 atom stereocenters. The molecule has 0 aliphatic rings. The third-order valence-electron chi connectivity index (χ3n) is 3.93. The molecule has 0 saturated carbocycles. The van der Waals surface area contributed by atoms with E-state index in [0.29, 0.717) is 12.4 Å². The van der Waals surface area contributed by atoms with Crippen LogP contribution < -0.4 is 5.32 Å². The molecule has 0 radical (unpaired) electrons. The third-order valence-corrected chi connectivity index (χ3v) is 3.93. The first kappa shape index (κ1) is 16.8. The predicted molar refractivity (Wildman–Crippen MR) is 95.8 cm³/mol. The van der Waals surface area contributed by atoms with Gasteiger partial charge in [-0.3, -0.25) is 4.79 Å².